The van der Waals surface area contributed by atoms with Gasteiger partial charge in [-0.25, -0.2) is 0 Å². The lowest BCUT2D eigenvalue weighted by Crippen LogP contribution is -2.36. The summed E-state index contributed by atoms with van der Waals surface area (Å²) < 4.78 is 2.06. The van der Waals surface area contributed by atoms with Gasteiger partial charge in [0.2, 0.25) is 0 Å². The quantitative estimate of drug-likeness (QED) is 0.475. The normalized spacial score (nSPS) is 18.7. The van der Waals surface area contributed by atoms with Crippen LogP contribution in [0, 0.1) is 18.3 Å². The van der Waals surface area contributed by atoms with Crippen molar-refractivity contribution in [2.24, 2.45) is 7.05 Å². The topological polar surface area (TPSA) is 69.3 Å². The third-order valence-electron chi connectivity index (χ3n) is 6.39. The molecule has 1 aromatic carbocycles. The van der Waals surface area contributed by atoms with Crippen molar-refractivity contribution in [1.29, 1.82) is 5.26 Å². The maximum absolute atomic E-state index is 13.4. The van der Waals surface area contributed by atoms with E-state index in [0.717, 1.165) is 49.3 Å². The van der Waals surface area contributed by atoms with Gasteiger partial charge in [-0.3, -0.25) is 19.1 Å². The standard InChI is InChI=1S/C25H26N4O2S2/c1-16-19(22(28-12-8-5-9-13-28)27(3)23(30)20(16)15-26)14-21-24(31)29(25(32)33-21)17(2)18-10-6-4-7-11-18/h4,6-7,10-11,14,17H,5,8-9,12-13H2,1-3H3/b21-14-. The second-order valence-electron chi connectivity index (χ2n) is 8.40. The van der Waals surface area contributed by atoms with Crippen LogP contribution in [-0.2, 0) is 11.8 Å². The van der Waals surface area contributed by atoms with E-state index in [2.05, 4.69) is 11.0 Å². The Kier molecular flexibility index (Phi) is 6.73. The monoisotopic (exact) mass is 478 g/mol. The summed E-state index contributed by atoms with van der Waals surface area (Å²) >= 11 is 6.85. The number of nitriles is 1. The van der Waals surface area contributed by atoms with Gasteiger partial charge in [-0.2, -0.15) is 5.26 Å². The first-order valence-corrected chi connectivity index (χ1v) is 12.3. The van der Waals surface area contributed by atoms with Crippen molar-refractivity contribution in [3.05, 3.63) is 67.8 Å². The first kappa shape index (κ1) is 23.3. The summed E-state index contributed by atoms with van der Waals surface area (Å²) in [5.74, 6) is 0.607. The van der Waals surface area contributed by atoms with Crippen LogP contribution in [0.25, 0.3) is 6.08 Å². The molecular weight excluding hydrogens is 452 g/mol. The number of hydrogen-bond acceptors (Lipinski definition) is 6. The molecule has 6 nitrogen and oxygen atoms in total. The molecule has 1 unspecified atom stereocenters. The first-order chi connectivity index (χ1) is 15.8. The number of benzene rings is 1. The fraction of sp³-hybridized carbons (Fsp3) is 0.360. The van der Waals surface area contributed by atoms with Crippen molar-refractivity contribution in [3.8, 4) is 6.07 Å². The number of piperidine rings is 1. The summed E-state index contributed by atoms with van der Waals surface area (Å²) in [5, 5.41) is 9.65. The first-order valence-electron chi connectivity index (χ1n) is 11.1. The average molecular weight is 479 g/mol. The number of hydrogen-bond donors (Lipinski definition) is 0. The zero-order valence-electron chi connectivity index (χ0n) is 19.0. The van der Waals surface area contributed by atoms with Crippen LogP contribution in [0.15, 0.2) is 40.0 Å². The molecule has 3 heterocycles. The number of pyridine rings is 1. The van der Waals surface area contributed by atoms with Crippen LogP contribution < -0.4 is 10.5 Å². The van der Waals surface area contributed by atoms with E-state index in [1.165, 1.54) is 11.8 Å². The van der Waals surface area contributed by atoms with Gasteiger partial charge in [0.05, 0.1) is 10.9 Å². The number of aromatic nitrogens is 1. The second kappa shape index (κ2) is 9.54. The van der Waals surface area contributed by atoms with Gasteiger partial charge < -0.3 is 4.90 Å². The minimum atomic E-state index is -0.307. The molecule has 4 rings (SSSR count). The highest BCUT2D eigenvalue weighted by Crippen LogP contribution is 2.39. The van der Waals surface area contributed by atoms with E-state index < -0.39 is 0 Å². The van der Waals surface area contributed by atoms with E-state index in [1.807, 2.05) is 43.3 Å². The van der Waals surface area contributed by atoms with Crippen LogP contribution in [0.3, 0.4) is 0 Å². The molecule has 8 heteroatoms. The Morgan fingerprint density at radius 3 is 2.45 bits per heavy atom. The molecule has 0 N–H and O–H groups in total. The predicted octanol–water partition coefficient (Wildman–Crippen LogP) is 4.52. The van der Waals surface area contributed by atoms with Crippen LogP contribution in [0.5, 0.6) is 0 Å². The molecule has 2 aliphatic heterocycles. The molecule has 0 spiro atoms. The van der Waals surface area contributed by atoms with Crippen LogP contribution in [0.4, 0.5) is 5.82 Å². The Morgan fingerprint density at radius 1 is 1.15 bits per heavy atom. The summed E-state index contributed by atoms with van der Waals surface area (Å²) in [5.41, 5.74) is 2.15. The smallest absolute Gasteiger partial charge is 0.270 e. The number of carbonyl (C=O) groups is 1. The highest BCUT2D eigenvalue weighted by molar-refractivity contribution is 8.26. The van der Waals surface area contributed by atoms with Gasteiger partial charge in [0, 0.05) is 25.7 Å². The second-order valence-corrected chi connectivity index (χ2v) is 10.1. The lowest BCUT2D eigenvalue weighted by Gasteiger charge is -2.32. The number of anilines is 1. The minimum absolute atomic E-state index is 0.109. The Labute approximate surface area is 203 Å². The molecule has 1 aromatic heterocycles. The van der Waals surface area contributed by atoms with Crippen LogP contribution in [0.1, 0.15) is 54.5 Å². The number of rotatable bonds is 4. The molecule has 0 radical (unpaired) electrons. The maximum atomic E-state index is 13.4. The van der Waals surface area contributed by atoms with Crippen LogP contribution >= 0.6 is 24.0 Å². The molecule has 2 fully saturated rings. The van der Waals surface area contributed by atoms with Gasteiger partial charge in [0.1, 0.15) is 21.8 Å². The molecule has 170 valence electrons. The fourth-order valence-electron chi connectivity index (χ4n) is 4.53. The zero-order chi connectivity index (χ0) is 23.7. The van der Waals surface area contributed by atoms with Crippen molar-refractivity contribution in [2.45, 2.75) is 39.2 Å². The number of thiocarbonyl (C=S) groups is 1. The zero-order valence-corrected chi connectivity index (χ0v) is 20.6. The molecule has 2 saturated heterocycles. The van der Waals surface area contributed by atoms with Crippen molar-refractivity contribution in [2.75, 3.05) is 18.0 Å². The van der Waals surface area contributed by atoms with Crippen molar-refractivity contribution >= 4 is 46.1 Å². The van der Waals surface area contributed by atoms with Crippen LogP contribution in [0.2, 0.25) is 0 Å². The van der Waals surface area contributed by atoms with E-state index in [1.54, 1.807) is 23.4 Å². The highest BCUT2D eigenvalue weighted by Gasteiger charge is 2.36. The third kappa shape index (κ3) is 4.23. The molecule has 0 aliphatic carbocycles. The van der Waals surface area contributed by atoms with Crippen molar-refractivity contribution < 1.29 is 4.79 Å². The Hall–Kier alpha value is -2.89. The molecule has 33 heavy (non-hydrogen) atoms. The van der Waals surface area contributed by atoms with Gasteiger partial charge >= 0.3 is 0 Å². The van der Waals surface area contributed by atoms with Crippen molar-refractivity contribution in [3.63, 3.8) is 0 Å². The van der Waals surface area contributed by atoms with Gasteiger partial charge in [0.15, 0.2) is 0 Å². The van der Waals surface area contributed by atoms with Gasteiger partial charge in [-0.1, -0.05) is 54.3 Å². The van der Waals surface area contributed by atoms with Gasteiger partial charge in [0.25, 0.3) is 11.5 Å². The summed E-state index contributed by atoms with van der Waals surface area (Å²) in [6.45, 7) is 5.43. The van der Waals surface area contributed by atoms with Gasteiger partial charge in [-0.15, -0.1) is 0 Å². The van der Waals surface area contributed by atoms with Gasteiger partial charge in [-0.05, 0) is 50.3 Å². The molecule has 2 aliphatic rings. The van der Waals surface area contributed by atoms with E-state index >= 15 is 0 Å². The molecule has 0 bridgehead atoms. The maximum Gasteiger partial charge on any atom is 0.270 e. The molecular formula is C25H26N4O2S2. The summed E-state index contributed by atoms with van der Waals surface area (Å²) in [7, 11) is 1.70. The van der Waals surface area contributed by atoms with Crippen molar-refractivity contribution in [1.82, 2.24) is 9.47 Å². The molecule has 1 atom stereocenters. The van der Waals surface area contributed by atoms with E-state index in [4.69, 9.17) is 12.2 Å². The van der Waals surface area contributed by atoms with E-state index in [0.29, 0.717) is 14.8 Å². The molecule has 2 aromatic rings. The highest BCUT2D eigenvalue weighted by atomic mass is 32.2. The minimum Gasteiger partial charge on any atom is -0.357 e. The largest absolute Gasteiger partial charge is 0.357 e. The Morgan fingerprint density at radius 2 is 1.82 bits per heavy atom. The van der Waals surface area contributed by atoms with Crippen LogP contribution in [-0.4, -0.2) is 32.8 Å². The SMILES string of the molecule is Cc1c(/C=C2\SC(=S)N(C(C)c3ccccc3)C2=O)c(N2CCCCC2)n(C)c(=O)c1C#N. The summed E-state index contributed by atoms with van der Waals surface area (Å²) in [4.78, 5) is 30.7. The van der Waals surface area contributed by atoms with E-state index in [9.17, 15) is 14.9 Å². The Bertz CT molecular complexity index is 1240. The lowest BCUT2D eigenvalue weighted by molar-refractivity contribution is -0.123. The summed E-state index contributed by atoms with van der Waals surface area (Å²) in [6, 6.07) is 11.7. The predicted molar refractivity (Wildman–Crippen MR) is 137 cm³/mol. The molecule has 1 amide bonds. The lowest BCUT2D eigenvalue weighted by atomic mass is 10.0. The number of nitrogens with zero attached hydrogens (tertiary/aromatic N) is 4. The molecule has 0 saturated carbocycles. The third-order valence-corrected chi connectivity index (χ3v) is 7.72. The number of thioether (sulfide) groups is 1. The van der Waals surface area contributed by atoms with E-state index in [-0.39, 0.29) is 23.1 Å². The average Bonchev–Trinajstić information content (AvgIpc) is 3.11. The summed E-state index contributed by atoms with van der Waals surface area (Å²) in [6.07, 6.45) is 5.06. The fourth-order valence-corrected chi connectivity index (χ4v) is 5.93. The number of amides is 1. The number of carbonyl (C=O) groups excluding carboxylic acids is 1. The Balaban J connectivity index is 1.81.